The lowest BCUT2D eigenvalue weighted by atomic mass is 9.98. The molecule has 0 saturated heterocycles. The van der Waals surface area contributed by atoms with Crippen LogP contribution in [0.25, 0.3) is 33.4 Å². The molecular weight excluding hydrogens is 658 g/mol. The summed E-state index contributed by atoms with van der Waals surface area (Å²) in [6.07, 6.45) is 9.64. The number of fused-ring (bicyclic) bond motifs is 1. The van der Waals surface area contributed by atoms with Gasteiger partial charge in [0.25, 0.3) is 0 Å². The maximum atomic E-state index is 13.4. The number of benzene rings is 2. The van der Waals surface area contributed by atoms with Gasteiger partial charge in [-0.25, -0.2) is 15.0 Å². The SMILES string of the molecule is COc1cc(-c2nc(Cl)ncc2Cl)c(-c2cnn(C)c2)cc1Nc1ncc(Cl)c(Nc2ccc3nccnc3c2P(C)(C)=O)n1. The Kier molecular flexibility index (Phi) is 8.32. The largest absolute Gasteiger partial charge is 0.495 e. The number of halogens is 3. The minimum absolute atomic E-state index is 0.0476. The van der Waals surface area contributed by atoms with E-state index in [1.807, 2.05) is 19.3 Å². The molecule has 228 valence electrons. The minimum Gasteiger partial charge on any atom is -0.495 e. The maximum Gasteiger partial charge on any atom is 0.229 e. The number of aromatic nitrogens is 8. The topological polar surface area (TPSA) is 146 Å². The summed E-state index contributed by atoms with van der Waals surface area (Å²) in [7, 11) is 0.539. The summed E-state index contributed by atoms with van der Waals surface area (Å²) in [5, 5.41) is 11.9. The van der Waals surface area contributed by atoms with Crippen LogP contribution in [0.15, 0.2) is 61.4 Å². The molecule has 0 aliphatic carbocycles. The number of hydrogen-bond acceptors (Lipinski definition) is 11. The van der Waals surface area contributed by atoms with E-state index in [0.717, 1.165) is 11.1 Å². The fourth-order valence-electron chi connectivity index (χ4n) is 4.81. The summed E-state index contributed by atoms with van der Waals surface area (Å²) in [5.41, 5.74) is 4.85. The predicted molar refractivity (Wildman–Crippen MR) is 178 cm³/mol. The second-order valence-electron chi connectivity index (χ2n) is 10.2. The highest BCUT2D eigenvalue weighted by Crippen LogP contribution is 2.43. The summed E-state index contributed by atoms with van der Waals surface area (Å²) >= 11 is 19.2. The molecule has 12 nitrogen and oxygen atoms in total. The van der Waals surface area contributed by atoms with E-state index < -0.39 is 7.14 Å². The molecule has 0 fully saturated rings. The number of methoxy groups -OCH3 is 1. The summed E-state index contributed by atoms with van der Waals surface area (Å²) in [6.45, 7) is 3.35. The van der Waals surface area contributed by atoms with Crippen LogP contribution in [0, 0.1) is 0 Å². The van der Waals surface area contributed by atoms with E-state index in [1.165, 1.54) is 19.5 Å². The molecule has 0 saturated carbocycles. The van der Waals surface area contributed by atoms with Crippen molar-refractivity contribution in [2.24, 2.45) is 7.05 Å². The van der Waals surface area contributed by atoms with Gasteiger partial charge in [-0.2, -0.15) is 10.1 Å². The van der Waals surface area contributed by atoms with Crippen molar-refractivity contribution < 1.29 is 9.30 Å². The fraction of sp³-hybridized carbons (Fsp3) is 0.138. The Balaban J connectivity index is 1.43. The lowest BCUT2D eigenvalue weighted by Crippen LogP contribution is -2.14. The molecule has 2 N–H and O–H groups in total. The van der Waals surface area contributed by atoms with Crippen LogP contribution in [0.2, 0.25) is 15.3 Å². The molecule has 0 bridgehead atoms. The van der Waals surface area contributed by atoms with Crippen LogP contribution >= 0.6 is 41.9 Å². The van der Waals surface area contributed by atoms with Gasteiger partial charge < -0.3 is 19.9 Å². The van der Waals surface area contributed by atoms with Gasteiger partial charge in [-0.3, -0.25) is 14.6 Å². The Morgan fingerprint density at radius 3 is 2.38 bits per heavy atom. The van der Waals surface area contributed by atoms with Crippen molar-refractivity contribution in [3.8, 4) is 28.1 Å². The van der Waals surface area contributed by atoms with Gasteiger partial charge in [0.05, 0.1) is 58.6 Å². The Hall–Kier alpha value is -4.35. The van der Waals surface area contributed by atoms with E-state index in [1.54, 1.807) is 54.8 Å². The zero-order valence-corrected chi connectivity index (χ0v) is 27.4. The van der Waals surface area contributed by atoms with Crippen molar-refractivity contribution in [2.75, 3.05) is 31.1 Å². The number of nitrogens with zero attached hydrogens (tertiary/aromatic N) is 8. The van der Waals surface area contributed by atoms with Crippen molar-refractivity contribution in [3.63, 3.8) is 0 Å². The second-order valence-corrected chi connectivity index (χ2v) is 14.5. The molecule has 0 aliphatic rings. The van der Waals surface area contributed by atoms with E-state index in [9.17, 15) is 4.57 Å². The monoisotopic (exact) mass is 680 g/mol. The van der Waals surface area contributed by atoms with E-state index in [2.05, 4.69) is 45.6 Å². The Morgan fingerprint density at radius 2 is 1.64 bits per heavy atom. The zero-order valence-electron chi connectivity index (χ0n) is 24.2. The third-order valence-corrected chi connectivity index (χ3v) is 8.99. The van der Waals surface area contributed by atoms with Crippen LogP contribution in [0.3, 0.4) is 0 Å². The number of aryl methyl sites for hydroxylation is 1. The van der Waals surface area contributed by atoms with E-state index >= 15 is 0 Å². The van der Waals surface area contributed by atoms with Crippen LogP contribution < -0.4 is 20.7 Å². The van der Waals surface area contributed by atoms with Crippen LogP contribution in [0.1, 0.15) is 0 Å². The van der Waals surface area contributed by atoms with Gasteiger partial charge in [0, 0.05) is 36.8 Å². The molecule has 4 heterocycles. The van der Waals surface area contributed by atoms with Gasteiger partial charge in [0.2, 0.25) is 11.2 Å². The first-order valence-electron chi connectivity index (χ1n) is 13.3. The summed E-state index contributed by atoms with van der Waals surface area (Å²) in [6, 6.07) is 7.21. The maximum absolute atomic E-state index is 13.4. The molecule has 0 atom stereocenters. The summed E-state index contributed by atoms with van der Waals surface area (Å²) < 4.78 is 20.8. The first kappa shape index (κ1) is 30.7. The smallest absolute Gasteiger partial charge is 0.229 e. The van der Waals surface area contributed by atoms with Gasteiger partial charge in [-0.15, -0.1) is 0 Å². The van der Waals surface area contributed by atoms with Gasteiger partial charge in [-0.1, -0.05) is 23.2 Å². The van der Waals surface area contributed by atoms with E-state index in [0.29, 0.717) is 49.7 Å². The van der Waals surface area contributed by atoms with Crippen molar-refractivity contribution in [1.82, 2.24) is 39.7 Å². The molecule has 0 aliphatic heterocycles. The first-order valence-corrected chi connectivity index (χ1v) is 17.0. The molecule has 6 aromatic rings. The highest BCUT2D eigenvalue weighted by Gasteiger charge is 2.23. The molecule has 0 amide bonds. The van der Waals surface area contributed by atoms with Crippen molar-refractivity contribution >= 4 is 81.4 Å². The third-order valence-electron chi connectivity index (χ3n) is 6.72. The van der Waals surface area contributed by atoms with Crippen LogP contribution in [0.5, 0.6) is 5.75 Å². The number of hydrogen-bond donors (Lipinski definition) is 2. The molecule has 0 unspecified atom stereocenters. The minimum atomic E-state index is -2.82. The van der Waals surface area contributed by atoms with E-state index in [4.69, 9.17) is 39.5 Å². The third kappa shape index (κ3) is 6.27. The van der Waals surface area contributed by atoms with Gasteiger partial charge in [-0.05, 0) is 54.8 Å². The molecule has 0 spiro atoms. The summed E-state index contributed by atoms with van der Waals surface area (Å²) in [5.74, 6) is 0.953. The predicted octanol–water partition coefficient (Wildman–Crippen LogP) is 6.98. The second kappa shape index (κ2) is 12.2. The normalized spacial score (nSPS) is 11.5. The lowest BCUT2D eigenvalue weighted by molar-refractivity contribution is 0.417. The van der Waals surface area contributed by atoms with E-state index in [-0.39, 0.29) is 22.1 Å². The van der Waals surface area contributed by atoms with Crippen LogP contribution in [-0.2, 0) is 11.6 Å². The molecule has 45 heavy (non-hydrogen) atoms. The van der Waals surface area contributed by atoms with Crippen LogP contribution in [0.4, 0.5) is 23.1 Å². The highest BCUT2D eigenvalue weighted by molar-refractivity contribution is 7.71. The lowest BCUT2D eigenvalue weighted by Gasteiger charge is -2.18. The molecule has 2 aromatic carbocycles. The van der Waals surface area contributed by atoms with Crippen LogP contribution in [-0.4, -0.2) is 60.1 Å². The molecule has 0 radical (unpaired) electrons. The average molecular weight is 682 g/mol. The number of rotatable bonds is 8. The van der Waals surface area contributed by atoms with Gasteiger partial charge in [0.15, 0.2) is 5.82 Å². The molecule has 16 heteroatoms. The zero-order chi connectivity index (χ0) is 31.9. The fourth-order valence-corrected chi connectivity index (χ4v) is 6.66. The van der Waals surface area contributed by atoms with Crippen molar-refractivity contribution in [3.05, 3.63) is 76.8 Å². The first-order chi connectivity index (χ1) is 21.5. The molecule has 6 rings (SSSR count). The quantitative estimate of drug-likeness (QED) is 0.127. The Labute approximate surface area is 272 Å². The number of ether oxygens (including phenoxy) is 1. The van der Waals surface area contributed by atoms with Crippen molar-refractivity contribution in [2.45, 2.75) is 0 Å². The highest BCUT2D eigenvalue weighted by atomic mass is 35.5. The Bertz CT molecular complexity index is 2140. The standard InChI is InChI=1S/C29H24Cl3N10O2P/c1-42-14-15(11-37-42)16-9-22(23(44-2)10-17(16)24-18(30)12-35-28(32)40-24)39-29-36-13-19(31)27(41-29)38-21-6-5-20-25(34-8-7-33-20)26(21)45(3,4)43/h5-14H,1-4H3,(H2,36,38,39,41). The number of nitrogens with one attached hydrogen (secondary N) is 2. The van der Waals surface area contributed by atoms with Gasteiger partial charge in [0.1, 0.15) is 23.4 Å². The van der Waals surface area contributed by atoms with Gasteiger partial charge >= 0.3 is 0 Å². The number of anilines is 4. The average Bonchev–Trinajstić information content (AvgIpc) is 3.45. The Morgan fingerprint density at radius 1 is 0.867 bits per heavy atom. The van der Waals surface area contributed by atoms with Crippen molar-refractivity contribution in [1.29, 1.82) is 0 Å². The summed E-state index contributed by atoms with van der Waals surface area (Å²) in [4.78, 5) is 26.2. The molecule has 4 aromatic heterocycles. The molecular formula is C29H24Cl3N10O2P.